The van der Waals surface area contributed by atoms with Crippen molar-refractivity contribution < 1.29 is 27.9 Å². The largest absolute Gasteiger partial charge is 0.465 e. The summed E-state index contributed by atoms with van der Waals surface area (Å²) in [7, 11) is 1.42. The maximum Gasteiger partial charge on any atom is 0.417 e. The predicted molar refractivity (Wildman–Crippen MR) is 121 cm³/mol. The summed E-state index contributed by atoms with van der Waals surface area (Å²) in [6.45, 7) is 1.14. The molecule has 2 unspecified atom stereocenters. The van der Waals surface area contributed by atoms with Gasteiger partial charge < -0.3 is 20.2 Å². The van der Waals surface area contributed by atoms with Crippen molar-refractivity contribution in [3.05, 3.63) is 35.2 Å². The molecule has 0 aliphatic carbocycles. The number of carbonyl (C=O) groups excluding carboxylic acids is 1. The molecule has 0 saturated carbocycles. The Hall–Kier alpha value is -3.42. The van der Waals surface area contributed by atoms with Crippen molar-refractivity contribution >= 4 is 39.4 Å². The van der Waals surface area contributed by atoms with Crippen LogP contribution in [0, 0.1) is 5.92 Å². The van der Waals surface area contributed by atoms with Gasteiger partial charge >= 0.3 is 12.3 Å². The second-order valence-electron chi connectivity index (χ2n) is 8.62. The van der Waals surface area contributed by atoms with Crippen LogP contribution in [-0.2, 0) is 6.18 Å². The van der Waals surface area contributed by atoms with E-state index < -0.39 is 23.7 Å². The molecule has 5 heterocycles. The van der Waals surface area contributed by atoms with Gasteiger partial charge in [0.15, 0.2) is 0 Å². The number of pyridine rings is 1. The van der Waals surface area contributed by atoms with Crippen molar-refractivity contribution in [2.45, 2.75) is 31.1 Å². The molecule has 2 fully saturated rings. The van der Waals surface area contributed by atoms with Gasteiger partial charge in [0.1, 0.15) is 18.5 Å². The number of amides is 2. The quantitative estimate of drug-likeness (QED) is 0.555. The molecule has 0 radical (unpaired) electrons. The highest BCUT2D eigenvalue weighted by atomic mass is 32.1. The third kappa shape index (κ3) is 4.05. The van der Waals surface area contributed by atoms with Crippen molar-refractivity contribution in [3.8, 4) is 0 Å². The highest BCUT2D eigenvalue weighted by Gasteiger charge is 2.48. The minimum absolute atomic E-state index is 0.0127. The average molecular weight is 510 g/mol. The van der Waals surface area contributed by atoms with E-state index in [9.17, 15) is 27.9 Å². The molecule has 0 aromatic carbocycles. The van der Waals surface area contributed by atoms with Gasteiger partial charge in [0, 0.05) is 32.1 Å². The van der Waals surface area contributed by atoms with Gasteiger partial charge in [-0.05, 0) is 24.8 Å². The number of halogens is 3. The molecule has 2 aliphatic rings. The molecule has 14 heteroatoms. The van der Waals surface area contributed by atoms with Crippen LogP contribution in [0.5, 0.6) is 0 Å². The normalized spacial score (nSPS) is 21.3. The Morgan fingerprint density at radius 2 is 2.00 bits per heavy atom. The first kappa shape index (κ1) is 23.3. The van der Waals surface area contributed by atoms with Crippen molar-refractivity contribution in [3.63, 3.8) is 0 Å². The molecule has 0 bridgehead atoms. The first-order chi connectivity index (χ1) is 16.7. The molecule has 2 N–H and O–H groups in total. The van der Waals surface area contributed by atoms with E-state index >= 15 is 0 Å². The third-order valence-corrected chi connectivity index (χ3v) is 7.80. The summed E-state index contributed by atoms with van der Waals surface area (Å²) in [5.41, 5.74) is -0.678. The Kier molecular flexibility index (Phi) is 5.77. The van der Waals surface area contributed by atoms with Gasteiger partial charge in [0.2, 0.25) is 0 Å². The fourth-order valence-corrected chi connectivity index (χ4v) is 6.06. The topological polar surface area (TPSA) is 116 Å². The van der Waals surface area contributed by atoms with Gasteiger partial charge in [0.25, 0.3) is 5.91 Å². The number of nitrogens with one attached hydrogen (secondary N) is 1. The molecular weight excluding hydrogens is 487 g/mol. The number of alkyl halides is 3. The fourth-order valence-electron chi connectivity index (χ4n) is 5.04. The zero-order valence-corrected chi connectivity index (χ0v) is 19.4. The minimum Gasteiger partial charge on any atom is -0.465 e. The second-order valence-corrected chi connectivity index (χ2v) is 9.50. The zero-order chi connectivity index (χ0) is 24.9. The standard InChI is InChI=1S/C21H22F3N7O3S/c1-25-19(32)12-8-35-18-13(21(22,23)24)6-15(28-16(12)18)29-4-2-11(3-5-29)17-14(7-30(17)20(33)34)31-10-26-9-27-31/h6,8-11,14,17H,2-5,7H2,1H3,(H,25,32)(H,33,34). The molecular formula is C21H22F3N7O3S. The summed E-state index contributed by atoms with van der Waals surface area (Å²) in [5.74, 6) is -0.326. The van der Waals surface area contributed by atoms with E-state index in [-0.39, 0.29) is 39.6 Å². The zero-order valence-electron chi connectivity index (χ0n) is 18.6. The van der Waals surface area contributed by atoms with Gasteiger partial charge in [-0.15, -0.1) is 11.3 Å². The smallest absolute Gasteiger partial charge is 0.417 e. The third-order valence-electron chi connectivity index (χ3n) is 6.79. The van der Waals surface area contributed by atoms with Gasteiger partial charge in [-0.3, -0.25) is 4.79 Å². The van der Waals surface area contributed by atoms with Crippen LogP contribution in [0.15, 0.2) is 24.1 Å². The van der Waals surface area contributed by atoms with E-state index in [0.717, 1.165) is 17.4 Å². The average Bonchev–Trinajstić information content (AvgIpc) is 3.47. The van der Waals surface area contributed by atoms with Crippen molar-refractivity contribution in [2.75, 3.05) is 31.6 Å². The summed E-state index contributed by atoms with van der Waals surface area (Å²) in [4.78, 5) is 35.5. The number of likely N-dealkylation sites (tertiary alicyclic amines) is 1. The van der Waals surface area contributed by atoms with Crippen LogP contribution in [0.1, 0.15) is 34.8 Å². The maximum absolute atomic E-state index is 13.9. The first-order valence-corrected chi connectivity index (χ1v) is 11.9. The SMILES string of the molecule is CNC(=O)c1csc2c(C(F)(F)F)cc(N3CCC(C4C(n5cncn5)CN4C(=O)O)CC3)nc12. The number of hydrogen-bond acceptors (Lipinski definition) is 7. The number of aromatic nitrogens is 4. The Bertz CT molecular complexity index is 1260. The lowest BCUT2D eigenvalue weighted by Gasteiger charge is -2.51. The highest BCUT2D eigenvalue weighted by molar-refractivity contribution is 7.17. The van der Waals surface area contributed by atoms with Gasteiger partial charge in [0.05, 0.1) is 33.4 Å². The van der Waals surface area contributed by atoms with Crippen LogP contribution in [0.2, 0.25) is 0 Å². The molecule has 3 aromatic heterocycles. The number of rotatable bonds is 4. The first-order valence-electron chi connectivity index (χ1n) is 11.0. The van der Waals surface area contributed by atoms with Gasteiger partial charge in [-0.25, -0.2) is 19.4 Å². The number of hydrogen-bond donors (Lipinski definition) is 2. The summed E-state index contributed by atoms with van der Waals surface area (Å²) in [5, 5.41) is 17.6. The number of carbonyl (C=O) groups is 2. The van der Waals surface area contributed by atoms with Crippen LogP contribution in [0.3, 0.4) is 0 Å². The Morgan fingerprint density at radius 1 is 1.26 bits per heavy atom. The number of piperidine rings is 1. The molecule has 10 nitrogen and oxygen atoms in total. The monoisotopic (exact) mass is 509 g/mol. The lowest BCUT2D eigenvalue weighted by Crippen LogP contribution is -2.63. The number of nitrogens with zero attached hydrogens (tertiary/aromatic N) is 6. The van der Waals surface area contributed by atoms with Crippen molar-refractivity contribution in [2.24, 2.45) is 5.92 Å². The van der Waals surface area contributed by atoms with Crippen molar-refractivity contribution in [1.29, 1.82) is 0 Å². The van der Waals surface area contributed by atoms with E-state index in [1.54, 1.807) is 15.9 Å². The van der Waals surface area contributed by atoms with Crippen LogP contribution < -0.4 is 10.2 Å². The molecule has 186 valence electrons. The molecule has 2 saturated heterocycles. The summed E-state index contributed by atoms with van der Waals surface area (Å²) >= 11 is 0.847. The lowest BCUT2D eigenvalue weighted by atomic mass is 9.79. The highest BCUT2D eigenvalue weighted by Crippen LogP contribution is 2.42. The molecule has 3 aromatic rings. The van der Waals surface area contributed by atoms with Crippen LogP contribution in [0.25, 0.3) is 10.2 Å². The van der Waals surface area contributed by atoms with Crippen LogP contribution >= 0.6 is 11.3 Å². The summed E-state index contributed by atoms with van der Waals surface area (Å²) in [6, 6.07) is 0.629. The predicted octanol–water partition coefficient (Wildman–Crippen LogP) is 3.09. The van der Waals surface area contributed by atoms with Crippen molar-refractivity contribution in [1.82, 2.24) is 30.0 Å². The summed E-state index contributed by atoms with van der Waals surface area (Å²) < 4.78 is 43.2. The Morgan fingerprint density at radius 3 is 2.60 bits per heavy atom. The van der Waals surface area contributed by atoms with E-state index in [1.165, 1.54) is 23.7 Å². The van der Waals surface area contributed by atoms with Gasteiger partial charge in [-0.1, -0.05) is 0 Å². The van der Waals surface area contributed by atoms with E-state index in [0.29, 0.717) is 32.5 Å². The molecule has 2 atom stereocenters. The Balaban J connectivity index is 1.40. The molecule has 35 heavy (non-hydrogen) atoms. The van der Waals surface area contributed by atoms with E-state index in [1.807, 2.05) is 0 Å². The van der Waals surface area contributed by atoms with Crippen LogP contribution in [0.4, 0.5) is 23.8 Å². The molecule has 0 spiro atoms. The fraction of sp³-hybridized carbons (Fsp3) is 0.476. The maximum atomic E-state index is 13.9. The van der Waals surface area contributed by atoms with E-state index in [2.05, 4.69) is 20.4 Å². The summed E-state index contributed by atoms with van der Waals surface area (Å²) in [6.07, 6.45) is -1.48. The van der Waals surface area contributed by atoms with E-state index in [4.69, 9.17) is 0 Å². The lowest BCUT2D eigenvalue weighted by molar-refractivity contribution is -0.136. The second kappa shape index (κ2) is 8.66. The molecule has 5 rings (SSSR count). The Labute approximate surface area is 201 Å². The number of fused-ring (bicyclic) bond motifs is 1. The minimum atomic E-state index is -4.60. The van der Waals surface area contributed by atoms with Gasteiger partial charge in [-0.2, -0.15) is 18.3 Å². The molecule has 2 aliphatic heterocycles. The van der Waals surface area contributed by atoms with Crippen LogP contribution in [-0.4, -0.2) is 74.5 Å². The number of thiophene rings is 1. The number of anilines is 1. The molecule has 2 amide bonds. The number of carboxylic acid groups (broad SMARTS) is 1.